The first kappa shape index (κ1) is 21.7. The van der Waals surface area contributed by atoms with Gasteiger partial charge in [0, 0.05) is 44.8 Å². The number of hydrogen-bond acceptors (Lipinski definition) is 3. The third-order valence-electron chi connectivity index (χ3n) is 5.48. The van der Waals surface area contributed by atoms with Crippen molar-refractivity contribution in [2.75, 3.05) is 38.0 Å². The van der Waals surface area contributed by atoms with Crippen molar-refractivity contribution in [1.29, 1.82) is 0 Å². The highest BCUT2D eigenvalue weighted by molar-refractivity contribution is 6.42. The molecule has 1 N–H and O–H groups in total. The second kappa shape index (κ2) is 9.67. The van der Waals surface area contributed by atoms with Gasteiger partial charge in [-0.25, -0.2) is 4.79 Å². The summed E-state index contributed by atoms with van der Waals surface area (Å²) in [5, 5.41) is 3.50. The van der Waals surface area contributed by atoms with Crippen LogP contribution in [0.5, 0.6) is 0 Å². The smallest absolute Gasteiger partial charge is 0.322 e. The highest BCUT2D eigenvalue weighted by Crippen LogP contribution is 2.25. The zero-order valence-electron chi connectivity index (χ0n) is 16.5. The number of piperazine rings is 1. The van der Waals surface area contributed by atoms with E-state index in [0.29, 0.717) is 41.8 Å². The number of amides is 4. The average Bonchev–Trinajstić information content (AvgIpc) is 2.72. The number of rotatable bonds is 4. The van der Waals surface area contributed by atoms with Gasteiger partial charge >= 0.3 is 6.03 Å². The van der Waals surface area contributed by atoms with E-state index in [9.17, 15) is 14.4 Å². The lowest BCUT2D eigenvalue weighted by Gasteiger charge is -2.39. The summed E-state index contributed by atoms with van der Waals surface area (Å²) in [5.41, 5.74) is 0.513. The number of halogens is 2. The SMILES string of the molecule is C[C@H]1C(=O)N(CCC(=O)N2CCCCC2)CCN1C(=O)Nc1ccc(Cl)c(Cl)c1. The maximum atomic E-state index is 12.7. The van der Waals surface area contributed by atoms with Gasteiger partial charge in [-0.1, -0.05) is 23.2 Å². The van der Waals surface area contributed by atoms with Gasteiger partial charge in [-0.05, 0) is 44.4 Å². The molecule has 0 spiro atoms. The van der Waals surface area contributed by atoms with E-state index in [2.05, 4.69) is 5.32 Å². The molecule has 0 aliphatic carbocycles. The fourth-order valence-electron chi connectivity index (χ4n) is 3.73. The van der Waals surface area contributed by atoms with Gasteiger partial charge in [0.25, 0.3) is 0 Å². The lowest BCUT2D eigenvalue weighted by molar-refractivity contribution is -0.140. The standard InChI is InChI=1S/C20H26Cl2N4O3/c1-14-19(28)25(10-7-18(27)24-8-3-2-4-9-24)11-12-26(14)20(29)23-15-5-6-16(21)17(22)13-15/h5-6,13-14H,2-4,7-12H2,1H3,(H,23,29)/t14-/m0/s1. The van der Waals surface area contributed by atoms with Crippen LogP contribution < -0.4 is 5.32 Å². The first-order chi connectivity index (χ1) is 13.9. The number of benzene rings is 1. The molecule has 0 aromatic heterocycles. The average molecular weight is 441 g/mol. The summed E-state index contributed by atoms with van der Waals surface area (Å²) in [6.07, 6.45) is 3.60. The van der Waals surface area contributed by atoms with Crippen molar-refractivity contribution in [3.8, 4) is 0 Å². The van der Waals surface area contributed by atoms with Crippen LogP contribution in [0.2, 0.25) is 10.0 Å². The van der Waals surface area contributed by atoms with E-state index < -0.39 is 6.04 Å². The lowest BCUT2D eigenvalue weighted by Crippen LogP contribution is -2.58. The minimum atomic E-state index is -0.600. The summed E-state index contributed by atoms with van der Waals surface area (Å²) in [6.45, 7) is 4.52. The minimum Gasteiger partial charge on any atom is -0.343 e. The monoisotopic (exact) mass is 440 g/mol. The Morgan fingerprint density at radius 1 is 1.07 bits per heavy atom. The van der Waals surface area contributed by atoms with Crippen molar-refractivity contribution in [2.45, 2.75) is 38.6 Å². The van der Waals surface area contributed by atoms with Gasteiger partial charge in [0.05, 0.1) is 10.0 Å². The molecular formula is C20H26Cl2N4O3. The number of carbonyl (C=O) groups excluding carboxylic acids is 3. The molecule has 2 aliphatic rings. The molecule has 3 rings (SSSR count). The lowest BCUT2D eigenvalue weighted by atomic mass is 10.1. The van der Waals surface area contributed by atoms with Gasteiger partial charge in [0.15, 0.2) is 0 Å². The Morgan fingerprint density at radius 3 is 2.48 bits per heavy atom. The molecule has 29 heavy (non-hydrogen) atoms. The van der Waals surface area contributed by atoms with Gasteiger partial charge in [-0.2, -0.15) is 0 Å². The third-order valence-corrected chi connectivity index (χ3v) is 6.22. The zero-order chi connectivity index (χ0) is 21.0. The molecule has 0 unspecified atom stereocenters. The second-order valence-corrected chi connectivity index (χ2v) is 8.26. The zero-order valence-corrected chi connectivity index (χ0v) is 18.0. The van der Waals surface area contributed by atoms with Crippen LogP contribution in [-0.2, 0) is 9.59 Å². The van der Waals surface area contributed by atoms with Crippen LogP contribution in [0.25, 0.3) is 0 Å². The van der Waals surface area contributed by atoms with Gasteiger partial charge in [-0.15, -0.1) is 0 Å². The van der Waals surface area contributed by atoms with Crippen LogP contribution in [0.4, 0.5) is 10.5 Å². The van der Waals surface area contributed by atoms with E-state index in [1.54, 1.807) is 30.0 Å². The number of anilines is 1. The molecule has 7 nitrogen and oxygen atoms in total. The highest BCUT2D eigenvalue weighted by atomic mass is 35.5. The number of carbonyl (C=O) groups is 3. The molecule has 158 valence electrons. The molecule has 2 aliphatic heterocycles. The van der Waals surface area contributed by atoms with Crippen LogP contribution in [0.1, 0.15) is 32.6 Å². The van der Waals surface area contributed by atoms with Crippen molar-refractivity contribution < 1.29 is 14.4 Å². The Labute approximate surface area is 180 Å². The maximum Gasteiger partial charge on any atom is 0.322 e. The summed E-state index contributed by atoms with van der Waals surface area (Å²) in [4.78, 5) is 42.7. The van der Waals surface area contributed by atoms with Crippen LogP contribution in [0.15, 0.2) is 18.2 Å². The molecule has 0 radical (unpaired) electrons. The summed E-state index contributed by atoms with van der Waals surface area (Å²) in [7, 11) is 0. The van der Waals surface area contributed by atoms with Crippen LogP contribution in [0.3, 0.4) is 0 Å². The molecule has 0 saturated carbocycles. The van der Waals surface area contributed by atoms with Crippen LogP contribution in [-0.4, -0.2) is 71.3 Å². The predicted molar refractivity (Wildman–Crippen MR) is 113 cm³/mol. The molecule has 2 fully saturated rings. The normalized spacial score (nSPS) is 20.0. The molecule has 1 atom stereocenters. The first-order valence-electron chi connectivity index (χ1n) is 9.96. The number of likely N-dealkylation sites (tertiary alicyclic amines) is 1. The quantitative estimate of drug-likeness (QED) is 0.778. The van der Waals surface area contributed by atoms with Crippen molar-refractivity contribution in [3.05, 3.63) is 28.2 Å². The Bertz CT molecular complexity index is 783. The van der Waals surface area contributed by atoms with E-state index >= 15 is 0 Å². The van der Waals surface area contributed by atoms with Gasteiger partial charge < -0.3 is 20.0 Å². The third kappa shape index (κ3) is 5.34. The molecule has 4 amide bonds. The highest BCUT2D eigenvalue weighted by Gasteiger charge is 2.34. The van der Waals surface area contributed by atoms with E-state index in [4.69, 9.17) is 23.2 Å². The Balaban J connectivity index is 1.52. The Hall–Kier alpha value is -1.99. The fourth-order valence-corrected chi connectivity index (χ4v) is 4.03. The Morgan fingerprint density at radius 2 is 1.79 bits per heavy atom. The van der Waals surface area contributed by atoms with E-state index in [1.807, 2.05) is 4.90 Å². The van der Waals surface area contributed by atoms with E-state index in [-0.39, 0.29) is 17.8 Å². The number of urea groups is 1. The van der Waals surface area contributed by atoms with Gasteiger partial charge in [-0.3, -0.25) is 9.59 Å². The van der Waals surface area contributed by atoms with Crippen molar-refractivity contribution >= 4 is 46.7 Å². The minimum absolute atomic E-state index is 0.102. The molecule has 9 heteroatoms. The molecule has 2 heterocycles. The number of nitrogens with one attached hydrogen (secondary N) is 1. The molecular weight excluding hydrogens is 415 g/mol. The van der Waals surface area contributed by atoms with Crippen molar-refractivity contribution in [1.82, 2.24) is 14.7 Å². The Kier molecular flexibility index (Phi) is 7.24. The molecule has 0 bridgehead atoms. The molecule has 2 saturated heterocycles. The largest absolute Gasteiger partial charge is 0.343 e. The number of hydrogen-bond donors (Lipinski definition) is 1. The summed E-state index contributed by atoms with van der Waals surface area (Å²) >= 11 is 11.9. The van der Waals surface area contributed by atoms with Gasteiger partial charge in [0.2, 0.25) is 11.8 Å². The first-order valence-corrected chi connectivity index (χ1v) is 10.7. The predicted octanol–water partition coefficient (Wildman–Crippen LogP) is 3.46. The second-order valence-electron chi connectivity index (χ2n) is 7.45. The molecule has 1 aromatic rings. The summed E-state index contributed by atoms with van der Waals surface area (Å²) in [5.74, 6) is -0.0445. The summed E-state index contributed by atoms with van der Waals surface area (Å²) < 4.78 is 0. The van der Waals surface area contributed by atoms with Crippen molar-refractivity contribution in [2.24, 2.45) is 0 Å². The van der Waals surface area contributed by atoms with Gasteiger partial charge in [0.1, 0.15) is 6.04 Å². The topological polar surface area (TPSA) is 73.0 Å². The fraction of sp³-hybridized carbons (Fsp3) is 0.550. The van der Waals surface area contributed by atoms with Crippen LogP contribution >= 0.6 is 23.2 Å². The molecule has 1 aromatic carbocycles. The van der Waals surface area contributed by atoms with E-state index in [0.717, 1.165) is 25.9 Å². The number of nitrogens with zero attached hydrogens (tertiary/aromatic N) is 3. The van der Waals surface area contributed by atoms with E-state index in [1.165, 1.54) is 11.3 Å². The van der Waals surface area contributed by atoms with Crippen LogP contribution in [0, 0.1) is 0 Å². The van der Waals surface area contributed by atoms with Crippen molar-refractivity contribution in [3.63, 3.8) is 0 Å². The maximum absolute atomic E-state index is 12.7. The number of piperidine rings is 1. The summed E-state index contributed by atoms with van der Waals surface area (Å²) in [6, 6.07) is 3.85.